The first-order chi connectivity index (χ1) is 13.2. The molecule has 144 valence electrons. The number of hydrogen-bond acceptors (Lipinski definition) is 7. The van der Waals surface area contributed by atoms with E-state index < -0.39 is 20.3 Å². The summed E-state index contributed by atoms with van der Waals surface area (Å²) in [4.78, 5) is 23.3. The van der Waals surface area contributed by atoms with E-state index in [0.717, 1.165) is 10.2 Å². The predicted molar refractivity (Wildman–Crippen MR) is 112 cm³/mol. The van der Waals surface area contributed by atoms with Crippen molar-refractivity contribution in [1.29, 1.82) is 0 Å². The summed E-state index contributed by atoms with van der Waals surface area (Å²) in [6.45, 7) is 4.92. The number of nitrogens with one attached hydrogen (secondary N) is 2. The second-order valence-corrected chi connectivity index (χ2v) is 11.0. The minimum atomic E-state index is -3.67. The van der Waals surface area contributed by atoms with Gasteiger partial charge in [0.15, 0.2) is 15.0 Å². The Hall–Kier alpha value is -2.78. The third-order valence-corrected chi connectivity index (χ3v) is 7.82. The quantitative estimate of drug-likeness (QED) is 0.528. The van der Waals surface area contributed by atoms with E-state index in [1.807, 2.05) is 24.3 Å². The molecule has 0 saturated carbocycles. The van der Waals surface area contributed by atoms with Crippen molar-refractivity contribution < 1.29 is 8.42 Å². The third kappa shape index (κ3) is 3.06. The van der Waals surface area contributed by atoms with Gasteiger partial charge in [-0.05, 0) is 45.0 Å². The van der Waals surface area contributed by atoms with E-state index >= 15 is 0 Å². The smallest absolute Gasteiger partial charge is 0.315 e. The van der Waals surface area contributed by atoms with Crippen molar-refractivity contribution in [2.24, 2.45) is 0 Å². The fraction of sp³-hybridized carbons (Fsp3) is 0.211. The first kappa shape index (κ1) is 18.6. The molecule has 0 radical (unpaired) electrons. The van der Waals surface area contributed by atoms with E-state index in [-0.39, 0.29) is 10.7 Å². The topological polar surface area (TPSA) is 105 Å². The van der Waals surface area contributed by atoms with Gasteiger partial charge in [-0.15, -0.1) is 0 Å². The van der Waals surface area contributed by atoms with Crippen molar-refractivity contribution in [2.75, 3.05) is 5.32 Å². The SMILES string of the molecule is CC(C)(C)S(=O)(=O)c1cccc2[nH]c(=O)nc(Nc3nc4ccccc4s3)c12. The number of rotatable bonds is 3. The number of anilines is 2. The molecule has 0 spiro atoms. The zero-order valence-electron chi connectivity index (χ0n) is 15.5. The standard InChI is InChI=1S/C19H18N4O3S2/c1-19(2,3)28(25,26)14-10-6-8-12-15(14)16(22-17(24)20-12)23-18-21-11-7-4-5-9-13(11)27-18/h4-10H,1-3H3,(H2,20,21,22,23,24). The Morgan fingerprint density at radius 1 is 1.04 bits per heavy atom. The highest BCUT2D eigenvalue weighted by atomic mass is 32.2. The molecule has 0 aliphatic heterocycles. The summed E-state index contributed by atoms with van der Waals surface area (Å²) in [5, 5.41) is 3.93. The molecule has 28 heavy (non-hydrogen) atoms. The zero-order chi connectivity index (χ0) is 20.1. The normalized spacial score (nSPS) is 12.5. The van der Waals surface area contributed by atoms with E-state index in [4.69, 9.17) is 0 Å². The van der Waals surface area contributed by atoms with Crippen LogP contribution in [0.5, 0.6) is 0 Å². The fourth-order valence-electron chi connectivity index (χ4n) is 2.85. The largest absolute Gasteiger partial charge is 0.347 e. The van der Waals surface area contributed by atoms with Crippen LogP contribution < -0.4 is 11.0 Å². The van der Waals surface area contributed by atoms with Gasteiger partial charge >= 0.3 is 5.69 Å². The number of aromatic amines is 1. The molecule has 4 aromatic rings. The Morgan fingerprint density at radius 2 is 1.79 bits per heavy atom. The molecule has 9 heteroatoms. The summed E-state index contributed by atoms with van der Waals surface area (Å²) in [6, 6.07) is 12.4. The molecule has 0 aliphatic carbocycles. The zero-order valence-corrected chi connectivity index (χ0v) is 17.1. The highest BCUT2D eigenvalue weighted by Gasteiger charge is 2.33. The number of thiazole rings is 1. The molecule has 0 atom stereocenters. The maximum Gasteiger partial charge on any atom is 0.347 e. The third-order valence-electron chi connectivity index (χ3n) is 4.33. The predicted octanol–water partition coefficient (Wildman–Crippen LogP) is 3.85. The molecule has 4 rings (SSSR count). The van der Waals surface area contributed by atoms with Crippen LogP contribution in [0, 0.1) is 0 Å². The average Bonchev–Trinajstić information content (AvgIpc) is 3.02. The molecule has 0 fully saturated rings. The number of fused-ring (bicyclic) bond motifs is 2. The average molecular weight is 415 g/mol. The number of aromatic nitrogens is 3. The van der Waals surface area contributed by atoms with Gasteiger partial charge in [-0.25, -0.2) is 18.2 Å². The number of sulfone groups is 1. The first-order valence-electron chi connectivity index (χ1n) is 8.57. The van der Waals surface area contributed by atoms with Crippen molar-refractivity contribution >= 4 is 53.2 Å². The van der Waals surface area contributed by atoms with Crippen LogP contribution in [-0.4, -0.2) is 28.1 Å². The van der Waals surface area contributed by atoms with Gasteiger partial charge in [-0.2, -0.15) is 4.98 Å². The lowest BCUT2D eigenvalue weighted by atomic mass is 10.2. The molecule has 2 aromatic heterocycles. The van der Waals surface area contributed by atoms with Crippen molar-refractivity contribution in [3.63, 3.8) is 0 Å². The summed E-state index contributed by atoms with van der Waals surface area (Å²) >= 11 is 1.40. The van der Waals surface area contributed by atoms with Crippen LogP contribution >= 0.6 is 11.3 Å². The van der Waals surface area contributed by atoms with Gasteiger partial charge in [-0.1, -0.05) is 29.5 Å². The number of para-hydroxylation sites is 1. The van der Waals surface area contributed by atoms with Crippen LogP contribution in [0.2, 0.25) is 0 Å². The van der Waals surface area contributed by atoms with Gasteiger partial charge in [0, 0.05) is 0 Å². The van der Waals surface area contributed by atoms with E-state index in [1.165, 1.54) is 17.4 Å². The Morgan fingerprint density at radius 3 is 2.50 bits per heavy atom. The fourth-order valence-corrected chi connectivity index (χ4v) is 5.11. The van der Waals surface area contributed by atoms with Crippen LogP contribution in [0.1, 0.15) is 20.8 Å². The van der Waals surface area contributed by atoms with Crippen molar-refractivity contribution in [3.8, 4) is 0 Å². The maximum absolute atomic E-state index is 13.1. The van der Waals surface area contributed by atoms with Gasteiger partial charge in [0.05, 0.1) is 30.8 Å². The molecule has 2 N–H and O–H groups in total. The molecule has 0 aliphatic rings. The number of hydrogen-bond donors (Lipinski definition) is 2. The van der Waals surface area contributed by atoms with Crippen molar-refractivity contribution in [2.45, 2.75) is 30.4 Å². The first-order valence-corrected chi connectivity index (χ1v) is 10.9. The number of benzene rings is 2. The molecule has 0 saturated heterocycles. The van der Waals surface area contributed by atoms with Gasteiger partial charge in [0.2, 0.25) is 0 Å². The van der Waals surface area contributed by atoms with Crippen molar-refractivity contribution in [1.82, 2.24) is 15.0 Å². The Labute approximate surface area is 165 Å². The van der Waals surface area contributed by atoms with Crippen LogP contribution in [0.25, 0.3) is 21.1 Å². The lowest BCUT2D eigenvalue weighted by molar-refractivity contribution is 0.561. The monoisotopic (exact) mass is 414 g/mol. The summed E-state index contributed by atoms with van der Waals surface area (Å²) in [5.41, 5.74) is 0.641. The minimum Gasteiger partial charge on any atom is -0.315 e. The van der Waals surface area contributed by atoms with Crippen LogP contribution in [0.3, 0.4) is 0 Å². The highest BCUT2D eigenvalue weighted by Crippen LogP contribution is 2.35. The van der Waals surface area contributed by atoms with Crippen molar-refractivity contribution in [3.05, 3.63) is 52.9 Å². The van der Waals surface area contributed by atoms with Crippen LogP contribution in [0.15, 0.2) is 52.2 Å². The lowest BCUT2D eigenvalue weighted by Crippen LogP contribution is -2.28. The number of H-pyrrole nitrogens is 1. The van der Waals surface area contributed by atoms with Gasteiger partial charge in [-0.3, -0.25) is 0 Å². The molecule has 0 unspecified atom stereocenters. The van der Waals surface area contributed by atoms with Crippen LogP contribution in [0.4, 0.5) is 10.9 Å². The second-order valence-electron chi connectivity index (χ2n) is 7.30. The van der Waals surface area contributed by atoms with E-state index in [0.29, 0.717) is 16.0 Å². The lowest BCUT2D eigenvalue weighted by Gasteiger charge is -2.21. The second kappa shape index (κ2) is 6.39. The Bertz CT molecular complexity index is 1330. The summed E-state index contributed by atoms with van der Waals surface area (Å²) in [6.07, 6.45) is 0. The molecule has 0 amide bonds. The van der Waals surface area contributed by atoms with E-state index in [2.05, 4.69) is 20.3 Å². The molecule has 2 heterocycles. The summed E-state index contributed by atoms with van der Waals surface area (Å²) in [7, 11) is -3.67. The van der Waals surface area contributed by atoms with E-state index in [1.54, 1.807) is 32.9 Å². The molecule has 2 aromatic carbocycles. The Balaban J connectivity index is 1.96. The van der Waals surface area contributed by atoms with Crippen LogP contribution in [-0.2, 0) is 9.84 Å². The molecular weight excluding hydrogens is 396 g/mol. The maximum atomic E-state index is 13.1. The van der Waals surface area contributed by atoms with Gasteiger partial charge in [0.1, 0.15) is 5.82 Å². The van der Waals surface area contributed by atoms with Gasteiger partial charge < -0.3 is 10.3 Å². The van der Waals surface area contributed by atoms with Gasteiger partial charge in [0.25, 0.3) is 0 Å². The highest BCUT2D eigenvalue weighted by molar-refractivity contribution is 7.93. The summed E-state index contributed by atoms with van der Waals surface area (Å²) < 4.78 is 26.2. The number of nitrogens with zero attached hydrogens (tertiary/aromatic N) is 2. The molecule has 0 bridgehead atoms. The molecular formula is C19H18N4O3S2. The van der Waals surface area contributed by atoms with E-state index in [9.17, 15) is 13.2 Å². The summed E-state index contributed by atoms with van der Waals surface area (Å²) in [5.74, 6) is 0.168. The Kier molecular flexibility index (Phi) is 4.24. The minimum absolute atomic E-state index is 0.116. The molecule has 7 nitrogen and oxygen atoms in total.